The number of halogens is 3. The van der Waals surface area contributed by atoms with Crippen molar-refractivity contribution >= 4 is 0 Å². The quantitative estimate of drug-likeness (QED) is 0.908. The maximum absolute atomic E-state index is 12.8. The monoisotopic (exact) mass is 314 g/mol. The Morgan fingerprint density at radius 3 is 2.73 bits per heavy atom. The Labute approximate surface area is 128 Å². The number of benzene rings is 1. The Balaban J connectivity index is 1.70. The van der Waals surface area contributed by atoms with Crippen LogP contribution in [-0.2, 0) is 12.7 Å². The molecule has 0 unspecified atom stereocenters. The SMILES string of the molecule is C[C@H]1CN2C[C@H](O)C[C@H]2CN1Cc1cccc(C(F)(F)F)c1. The summed E-state index contributed by atoms with van der Waals surface area (Å²) in [5.41, 5.74) is 0.0984. The molecular weight excluding hydrogens is 293 g/mol. The lowest BCUT2D eigenvalue weighted by molar-refractivity contribution is -0.137. The summed E-state index contributed by atoms with van der Waals surface area (Å²) in [6, 6.07) is 6.16. The van der Waals surface area contributed by atoms with E-state index in [1.54, 1.807) is 6.07 Å². The molecule has 0 spiro atoms. The van der Waals surface area contributed by atoms with Gasteiger partial charge in [-0.05, 0) is 25.0 Å². The molecule has 3 rings (SSSR count). The first-order valence-electron chi connectivity index (χ1n) is 7.65. The molecule has 6 heteroatoms. The standard InChI is InChI=1S/C16H21F3N2O/c1-11-7-21-10-15(22)6-14(21)9-20(11)8-12-3-2-4-13(5-12)16(17,18)19/h2-5,11,14-15,22H,6-10H2,1H3/t11-,14-,15+/m0/s1. The Morgan fingerprint density at radius 2 is 2.00 bits per heavy atom. The fraction of sp³-hybridized carbons (Fsp3) is 0.625. The number of piperazine rings is 1. The predicted octanol–water partition coefficient (Wildman–Crippen LogP) is 2.34. The lowest BCUT2D eigenvalue weighted by Crippen LogP contribution is -2.54. The van der Waals surface area contributed by atoms with E-state index in [4.69, 9.17) is 0 Å². The van der Waals surface area contributed by atoms with E-state index in [-0.39, 0.29) is 12.1 Å². The number of aliphatic hydroxyl groups excluding tert-OH is 1. The Hall–Kier alpha value is -1.11. The zero-order valence-electron chi connectivity index (χ0n) is 12.6. The number of hydrogen-bond acceptors (Lipinski definition) is 3. The van der Waals surface area contributed by atoms with Gasteiger partial charge in [-0.25, -0.2) is 0 Å². The summed E-state index contributed by atoms with van der Waals surface area (Å²) in [6.07, 6.45) is -3.81. The van der Waals surface area contributed by atoms with Crippen molar-refractivity contribution in [1.82, 2.24) is 9.80 Å². The largest absolute Gasteiger partial charge is 0.416 e. The zero-order chi connectivity index (χ0) is 15.9. The lowest BCUT2D eigenvalue weighted by Gasteiger charge is -2.42. The lowest BCUT2D eigenvalue weighted by atomic mass is 10.0. The van der Waals surface area contributed by atoms with Gasteiger partial charge in [0.1, 0.15) is 0 Å². The van der Waals surface area contributed by atoms with E-state index in [1.807, 2.05) is 0 Å². The fourth-order valence-electron chi connectivity index (χ4n) is 3.58. The minimum atomic E-state index is -4.30. The molecule has 3 nitrogen and oxygen atoms in total. The Morgan fingerprint density at radius 1 is 1.23 bits per heavy atom. The van der Waals surface area contributed by atoms with Crippen LogP contribution in [0.15, 0.2) is 24.3 Å². The van der Waals surface area contributed by atoms with Gasteiger partial charge in [-0.1, -0.05) is 18.2 Å². The van der Waals surface area contributed by atoms with Crippen molar-refractivity contribution in [2.24, 2.45) is 0 Å². The molecule has 0 radical (unpaired) electrons. The maximum atomic E-state index is 12.8. The topological polar surface area (TPSA) is 26.7 Å². The zero-order valence-corrected chi connectivity index (χ0v) is 12.6. The molecular formula is C16H21F3N2O. The number of fused-ring (bicyclic) bond motifs is 1. The average Bonchev–Trinajstić information content (AvgIpc) is 2.78. The third kappa shape index (κ3) is 3.29. The van der Waals surface area contributed by atoms with Gasteiger partial charge in [0, 0.05) is 38.3 Å². The van der Waals surface area contributed by atoms with E-state index >= 15 is 0 Å². The highest BCUT2D eigenvalue weighted by molar-refractivity contribution is 5.25. The van der Waals surface area contributed by atoms with E-state index in [1.165, 1.54) is 12.1 Å². The molecule has 0 saturated carbocycles. The number of hydrogen-bond donors (Lipinski definition) is 1. The third-order valence-corrected chi connectivity index (χ3v) is 4.71. The summed E-state index contributed by atoms with van der Waals surface area (Å²) in [5.74, 6) is 0. The molecule has 1 aromatic rings. The van der Waals surface area contributed by atoms with Crippen LogP contribution < -0.4 is 0 Å². The molecule has 0 amide bonds. The molecule has 0 bridgehead atoms. The number of nitrogens with zero attached hydrogens (tertiary/aromatic N) is 2. The second-order valence-electron chi connectivity index (χ2n) is 6.47. The van der Waals surface area contributed by atoms with Crippen LogP contribution >= 0.6 is 0 Å². The van der Waals surface area contributed by atoms with Crippen LogP contribution in [0.4, 0.5) is 13.2 Å². The minimum Gasteiger partial charge on any atom is -0.392 e. The Kier molecular flexibility index (Phi) is 4.18. The molecule has 1 aromatic carbocycles. The predicted molar refractivity (Wildman–Crippen MR) is 77.3 cm³/mol. The first kappa shape index (κ1) is 15.8. The van der Waals surface area contributed by atoms with Crippen LogP contribution in [0.25, 0.3) is 0 Å². The van der Waals surface area contributed by atoms with Crippen molar-refractivity contribution < 1.29 is 18.3 Å². The summed E-state index contributed by atoms with van der Waals surface area (Å²) in [4.78, 5) is 4.51. The maximum Gasteiger partial charge on any atom is 0.416 e. The van der Waals surface area contributed by atoms with Gasteiger partial charge >= 0.3 is 6.18 Å². The van der Waals surface area contributed by atoms with Crippen LogP contribution in [0.5, 0.6) is 0 Å². The van der Waals surface area contributed by atoms with Gasteiger partial charge in [0.2, 0.25) is 0 Å². The van der Waals surface area contributed by atoms with Gasteiger partial charge in [0.25, 0.3) is 0 Å². The fourth-order valence-corrected chi connectivity index (χ4v) is 3.58. The van der Waals surface area contributed by atoms with Crippen LogP contribution in [0.3, 0.4) is 0 Å². The second kappa shape index (κ2) is 5.83. The van der Waals surface area contributed by atoms with Crippen molar-refractivity contribution in [3.05, 3.63) is 35.4 Å². The minimum absolute atomic E-state index is 0.272. The van der Waals surface area contributed by atoms with E-state index in [0.29, 0.717) is 24.7 Å². The van der Waals surface area contributed by atoms with Crippen molar-refractivity contribution in [3.63, 3.8) is 0 Å². The van der Waals surface area contributed by atoms with E-state index in [2.05, 4.69) is 16.7 Å². The molecule has 2 heterocycles. The highest BCUT2D eigenvalue weighted by atomic mass is 19.4. The molecule has 3 atom stereocenters. The first-order valence-corrected chi connectivity index (χ1v) is 7.65. The van der Waals surface area contributed by atoms with Crippen molar-refractivity contribution in [1.29, 1.82) is 0 Å². The second-order valence-corrected chi connectivity index (χ2v) is 6.47. The highest BCUT2D eigenvalue weighted by Crippen LogP contribution is 2.31. The van der Waals surface area contributed by atoms with E-state index in [0.717, 1.165) is 25.6 Å². The Bertz CT molecular complexity index is 534. The van der Waals surface area contributed by atoms with Crippen LogP contribution in [0.1, 0.15) is 24.5 Å². The van der Waals surface area contributed by atoms with Crippen molar-refractivity contribution in [2.45, 2.75) is 44.3 Å². The summed E-state index contributed by atoms with van der Waals surface area (Å²) in [7, 11) is 0. The molecule has 2 aliphatic rings. The van der Waals surface area contributed by atoms with Gasteiger partial charge in [-0.15, -0.1) is 0 Å². The number of rotatable bonds is 2. The summed E-state index contributed by atoms with van der Waals surface area (Å²) < 4.78 is 38.4. The van der Waals surface area contributed by atoms with Gasteiger partial charge < -0.3 is 5.11 Å². The van der Waals surface area contributed by atoms with Crippen molar-refractivity contribution in [2.75, 3.05) is 19.6 Å². The molecule has 22 heavy (non-hydrogen) atoms. The smallest absolute Gasteiger partial charge is 0.392 e. The molecule has 0 aliphatic carbocycles. The summed E-state index contributed by atoms with van der Waals surface area (Å²) >= 11 is 0. The van der Waals surface area contributed by atoms with E-state index in [9.17, 15) is 18.3 Å². The summed E-state index contributed by atoms with van der Waals surface area (Å²) in [5, 5.41) is 9.76. The first-order chi connectivity index (χ1) is 10.3. The van der Waals surface area contributed by atoms with Gasteiger partial charge in [0.15, 0.2) is 0 Å². The van der Waals surface area contributed by atoms with Gasteiger partial charge in [-0.2, -0.15) is 13.2 Å². The highest BCUT2D eigenvalue weighted by Gasteiger charge is 2.38. The third-order valence-electron chi connectivity index (χ3n) is 4.71. The molecule has 2 aliphatic heterocycles. The molecule has 122 valence electrons. The normalized spacial score (nSPS) is 30.5. The van der Waals surface area contributed by atoms with Gasteiger partial charge in [0.05, 0.1) is 11.7 Å². The van der Waals surface area contributed by atoms with E-state index < -0.39 is 11.7 Å². The number of alkyl halides is 3. The van der Waals surface area contributed by atoms with Crippen LogP contribution in [0.2, 0.25) is 0 Å². The van der Waals surface area contributed by atoms with Crippen LogP contribution in [-0.4, -0.2) is 52.7 Å². The molecule has 2 fully saturated rings. The van der Waals surface area contributed by atoms with Crippen molar-refractivity contribution in [3.8, 4) is 0 Å². The number of aliphatic hydroxyl groups is 1. The van der Waals surface area contributed by atoms with Gasteiger partial charge in [-0.3, -0.25) is 9.80 Å². The molecule has 2 saturated heterocycles. The average molecular weight is 314 g/mol. The van der Waals surface area contributed by atoms with Crippen LogP contribution in [0, 0.1) is 0 Å². The summed E-state index contributed by atoms with van der Waals surface area (Å²) in [6.45, 7) is 4.99. The molecule has 1 N–H and O–H groups in total. The molecule has 0 aromatic heterocycles.